The average Bonchev–Trinajstić information content (AvgIpc) is 3.13. The van der Waals surface area contributed by atoms with Crippen LogP contribution in [-0.4, -0.2) is 40.7 Å². The summed E-state index contributed by atoms with van der Waals surface area (Å²) in [5, 5.41) is 13.5. The van der Waals surface area contributed by atoms with E-state index in [2.05, 4.69) is 15.3 Å². The van der Waals surface area contributed by atoms with Crippen molar-refractivity contribution in [2.75, 3.05) is 19.7 Å². The number of aromatic nitrogens is 2. The average molecular weight is 391 g/mol. The molecule has 0 amide bonds. The molecule has 2 heterocycles. The minimum absolute atomic E-state index is 0.0893. The number of hydrogen-bond donors (Lipinski definition) is 4. The maximum atomic E-state index is 12.5. The molecule has 0 saturated carbocycles. The van der Waals surface area contributed by atoms with Crippen LogP contribution in [0.4, 0.5) is 0 Å². The summed E-state index contributed by atoms with van der Waals surface area (Å²) in [7, 11) is 0. The molecule has 0 radical (unpaired) electrons. The van der Waals surface area contributed by atoms with Crippen molar-refractivity contribution in [3.63, 3.8) is 0 Å². The number of para-hydroxylation sites is 1. The first kappa shape index (κ1) is 18.8. The first-order valence-electron chi connectivity index (χ1n) is 9.41. The zero-order valence-corrected chi connectivity index (χ0v) is 15.7. The van der Waals surface area contributed by atoms with Crippen molar-refractivity contribution in [1.82, 2.24) is 15.3 Å². The molecule has 0 aliphatic carbocycles. The summed E-state index contributed by atoms with van der Waals surface area (Å²) in [5.74, 6) is -0.104. The number of nitrogens with one attached hydrogen (secondary N) is 3. The summed E-state index contributed by atoms with van der Waals surface area (Å²) in [4.78, 5) is 29.2. The Morgan fingerprint density at radius 1 is 0.966 bits per heavy atom. The Morgan fingerprint density at radius 2 is 1.79 bits per heavy atom. The normalized spacial score (nSPS) is 11.2. The lowest BCUT2D eigenvalue weighted by Crippen LogP contribution is -2.23. The van der Waals surface area contributed by atoms with E-state index in [-0.39, 0.29) is 12.0 Å². The summed E-state index contributed by atoms with van der Waals surface area (Å²) < 4.78 is 5.73. The third kappa shape index (κ3) is 4.30. The van der Waals surface area contributed by atoms with Crippen molar-refractivity contribution in [3.8, 4) is 17.0 Å². The molecule has 4 rings (SSSR count). The Labute approximate surface area is 166 Å². The van der Waals surface area contributed by atoms with Gasteiger partial charge < -0.3 is 25.1 Å². The molecular formula is C22H21N3O4. The predicted octanol–water partition coefficient (Wildman–Crippen LogP) is 3.12. The number of aliphatic carboxylic acids is 1. The maximum Gasteiger partial charge on any atom is 0.304 e. The quantitative estimate of drug-likeness (QED) is 0.345. The zero-order valence-electron chi connectivity index (χ0n) is 15.7. The van der Waals surface area contributed by atoms with E-state index in [1.807, 2.05) is 54.6 Å². The van der Waals surface area contributed by atoms with Crippen LogP contribution in [0.25, 0.3) is 33.1 Å². The molecule has 0 fully saturated rings. The number of ether oxygens (including phenoxy) is 1. The van der Waals surface area contributed by atoms with Gasteiger partial charge in [-0.1, -0.05) is 18.2 Å². The third-order valence-electron chi connectivity index (χ3n) is 4.70. The van der Waals surface area contributed by atoms with Gasteiger partial charge >= 0.3 is 5.97 Å². The third-order valence-corrected chi connectivity index (χ3v) is 4.70. The van der Waals surface area contributed by atoms with Gasteiger partial charge in [-0.25, -0.2) is 0 Å². The summed E-state index contributed by atoms with van der Waals surface area (Å²) in [6, 6.07) is 17.2. The standard InChI is InChI=1S/C22H21N3O4/c26-21(27)7-8-23-9-10-29-16-5-6-19-15(11-16)13-20(24-19)17-12-14-3-1-2-4-18(14)25-22(17)28/h1-6,11-13,23-24H,7-10H2,(H,25,28)(H,26,27). The summed E-state index contributed by atoms with van der Waals surface area (Å²) in [5.41, 5.74) is 2.92. The van der Waals surface area contributed by atoms with Crippen molar-refractivity contribution in [2.45, 2.75) is 6.42 Å². The largest absolute Gasteiger partial charge is 0.492 e. The highest BCUT2D eigenvalue weighted by atomic mass is 16.5. The Morgan fingerprint density at radius 3 is 2.66 bits per heavy atom. The van der Waals surface area contributed by atoms with Crippen LogP contribution in [0.1, 0.15) is 6.42 Å². The van der Waals surface area contributed by atoms with Crippen molar-refractivity contribution < 1.29 is 14.6 Å². The van der Waals surface area contributed by atoms with Crippen LogP contribution in [0.2, 0.25) is 0 Å². The van der Waals surface area contributed by atoms with Gasteiger partial charge in [0.05, 0.1) is 17.7 Å². The highest BCUT2D eigenvalue weighted by Crippen LogP contribution is 2.26. The highest BCUT2D eigenvalue weighted by molar-refractivity contribution is 5.89. The molecule has 2 aromatic carbocycles. The van der Waals surface area contributed by atoms with Crippen molar-refractivity contribution in [3.05, 3.63) is 65.0 Å². The molecule has 7 nitrogen and oxygen atoms in total. The fourth-order valence-electron chi connectivity index (χ4n) is 3.25. The molecule has 29 heavy (non-hydrogen) atoms. The monoisotopic (exact) mass is 391 g/mol. The molecule has 7 heteroatoms. The second-order valence-electron chi connectivity index (χ2n) is 6.77. The van der Waals surface area contributed by atoms with Crippen LogP contribution >= 0.6 is 0 Å². The molecule has 4 aromatic rings. The number of carboxylic acid groups (broad SMARTS) is 1. The number of carbonyl (C=O) groups is 1. The first-order chi connectivity index (χ1) is 14.1. The molecule has 0 spiro atoms. The van der Waals surface area contributed by atoms with Gasteiger partial charge in [0.15, 0.2) is 0 Å². The summed E-state index contributed by atoms with van der Waals surface area (Å²) >= 11 is 0. The van der Waals surface area contributed by atoms with E-state index < -0.39 is 5.97 Å². The topological polar surface area (TPSA) is 107 Å². The van der Waals surface area contributed by atoms with Gasteiger partial charge in [-0.3, -0.25) is 9.59 Å². The second-order valence-corrected chi connectivity index (χ2v) is 6.77. The van der Waals surface area contributed by atoms with E-state index in [9.17, 15) is 9.59 Å². The van der Waals surface area contributed by atoms with Gasteiger partial charge in [0, 0.05) is 29.5 Å². The molecular weight excluding hydrogens is 370 g/mol. The van der Waals surface area contributed by atoms with Crippen LogP contribution in [0.5, 0.6) is 5.75 Å². The van der Waals surface area contributed by atoms with E-state index in [0.29, 0.717) is 25.3 Å². The maximum absolute atomic E-state index is 12.5. The van der Waals surface area contributed by atoms with Gasteiger partial charge in [0.25, 0.3) is 5.56 Å². The molecule has 0 aliphatic heterocycles. The molecule has 148 valence electrons. The summed E-state index contributed by atoms with van der Waals surface area (Å²) in [6.45, 7) is 1.42. The lowest BCUT2D eigenvalue weighted by Gasteiger charge is -2.07. The smallest absolute Gasteiger partial charge is 0.304 e. The molecule has 0 atom stereocenters. The number of carboxylic acids is 1. The number of hydrogen-bond acceptors (Lipinski definition) is 4. The van der Waals surface area contributed by atoms with E-state index >= 15 is 0 Å². The molecule has 0 bridgehead atoms. The Hall–Kier alpha value is -3.58. The van der Waals surface area contributed by atoms with E-state index in [1.165, 1.54) is 0 Å². The SMILES string of the molecule is O=C(O)CCNCCOc1ccc2[nH]c(-c3cc4ccccc4[nH]c3=O)cc2c1. The Kier molecular flexibility index (Phi) is 5.31. The highest BCUT2D eigenvalue weighted by Gasteiger charge is 2.09. The second kappa shape index (κ2) is 8.20. The first-order valence-corrected chi connectivity index (χ1v) is 9.41. The number of fused-ring (bicyclic) bond motifs is 2. The van der Waals surface area contributed by atoms with Crippen LogP contribution < -0.4 is 15.6 Å². The fourth-order valence-corrected chi connectivity index (χ4v) is 3.25. The number of aromatic amines is 2. The van der Waals surface area contributed by atoms with Crippen molar-refractivity contribution in [1.29, 1.82) is 0 Å². The Bertz CT molecular complexity index is 1230. The molecule has 2 aromatic heterocycles. The Balaban J connectivity index is 1.49. The number of H-pyrrole nitrogens is 2. The van der Waals surface area contributed by atoms with E-state index in [1.54, 1.807) is 0 Å². The zero-order chi connectivity index (χ0) is 20.2. The summed E-state index contributed by atoms with van der Waals surface area (Å²) in [6.07, 6.45) is 0.0893. The van der Waals surface area contributed by atoms with E-state index in [4.69, 9.17) is 9.84 Å². The lowest BCUT2D eigenvalue weighted by molar-refractivity contribution is -0.136. The minimum atomic E-state index is -0.822. The van der Waals surface area contributed by atoms with Crippen molar-refractivity contribution in [2.24, 2.45) is 0 Å². The molecule has 0 saturated heterocycles. The van der Waals surface area contributed by atoms with Gasteiger partial charge in [-0.05, 0) is 41.8 Å². The van der Waals surface area contributed by atoms with Crippen LogP contribution in [-0.2, 0) is 4.79 Å². The van der Waals surface area contributed by atoms with Crippen LogP contribution in [0, 0.1) is 0 Å². The predicted molar refractivity (Wildman–Crippen MR) is 112 cm³/mol. The fraction of sp³-hybridized carbons (Fsp3) is 0.182. The number of benzene rings is 2. The minimum Gasteiger partial charge on any atom is -0.492 e. The van der Waals surface area contributed by atoms with Gasteiger partial charge in [-0.2, -0.15) is 0 Å². The van der Waals surface area contributed by atoms with Gasteiger partial charge in [0.1, 0.15) is 12.4 Å². The van der Waals surface area contributed by atoms with E-state index in [0.717, 1.165) is 33.2 Å². The number of pyridine rings is 1. The molecule has 0 aliphatic rings. The van der Waals surface area contributed by atoms with Crippen molar-refractivity contribution >= 4 is 27.8 Å². The van der Waals surface area contributed by atoms with Crippen LogP contribution in [0.3, 0.4) is 0 Å². The molecule has 4 N–H and O–H groups in total. The number of rotatable bonds is 8. The van der Waals surface area contributed by atoms with Gasteiger partial charge in [0.2, 0.25) is 0 Å². The molecule has 0 unspecified atom stereocenters. The lowest BCUT2D eigenvalue weighted by atomic mass is 10.1. The van der Waals surface area contributed by atoms with Gasteiger partial charge in [-0.15, -0.1) is 0 Å². The van der Waals surface area contributed by atoms with Crippen LogP contribution in [0.15, 0.2) is 59.4 Å².